The largest absolute Gasteiger partial charge is 0.478 e. The molecule has 2 N–H and O–H groups in total. The summed E-state index contributed by atoms with van der Waals surface area (Å²) in [5.41, 5.74) is 0. The molecule has 0 aliphatic carbocycles. The third-order valence-corrected chi connectivity index (χ3v) is 4.72. The third kappa shape index (κ3) is 8.31. The Bertz CT molecular complexity index is 659. The van der Waals surface area contributed by atoms with Crippen molar-refractivity contribution in [1.29, 1.82) is 0 Å². The van der Waals surface area contributed by atoms with Crippen LogP contribution in [0.5, 0.6) is 0 Å². The van der Waals surface area contributed by atoms with Crippen LogP contribution in [0.2, 0.25) is 0 Å². The Morgan fingerprint density at radius 3 is 2.40 bits per heavy atom. The van der Waals surface area contributed by atoms with Crippen molar-refractivity contribution in [1.82, 2.24) is 9.36 Å². The van der Waals surface area contributed by atoms with E-state index < -0.39 is 12.1 Å². The molecule has 0 spiro atoms. The van der Waals surface area contributed by atoms with Crippen LogP contribution in [0.4, 0.5) is 0 Å². The van der Waals surface area contributed by atoms with Crippen molar-refractivity contribution < 1.29 is 15.0 Å². The Hall–Kier alpha value is -1.67. The lowest BCUT2D eigenvalue weighted by Gasteiger charge is -2.13. The van der Waals surface area contributed by atoms with Gasteiger partial charge >= 0.3 is 15.7 Å². The van der Waals surface area contributed by atoms with E-state index >= 15 is 0 Å². The van der Waals surface area contributed by atoms with E-state index in [1.807, 2.05) is 0 Å². The monoisotopic (exact) mass is 372 g/mol. The molecule has 0 amide bonds. The van der Waals surface area contributed by atoms with Gasteiger partial charge in [0.05, 0.1) is 6.10 Å². The quantitative estimate of drug-likeness (QED) is 0.408. The zero-order valence-electron chi connectivity index (χ0n) is 14.7. The molecule has 0 saturated heterocycles. The van der Waals surface area contributed by atoms with Crippen molar-refractivity contribution in [3.8, 4) is 0 Å². The number of unbranched alkanes of at least 4 members (excludes halogenated alkanes) is 4. The summed E-state index contributed by atoms with van der Waals surface area (Å²) in [7, 11) is 0. The first-order valence-electron chi connectivity index (χ1n) is 8.84. The highest BCUT2D eigenvalue weighted by molar-refractivity contribution is 7.06. The van der Waals surface area contributed by atoms with Gasteiger partial charge < -0.3 is 10.2 Å². The standard InChI is InChI=1S/C17H28N2O5S/c1-2-3-6-9-14(20)11-13-19-17(24)25-16(23)18(19)12-8-5-4-7-10-15(21)22/h7,10,14,20H,2-6,8-9,11-13H2,1H3,(H,21,22). The van der Waals surface area contributed by atoms with Gasteiger partial charge in [-0.3, -0.25) is 9.59 Å². The lowest BCUT2D eigenvalue weighted by Crippen LogP contribution is -2.28. The number of aromatic nitrogens is 2. The van der Waals surface area contributed by atoms with Gasteiger partial charge in [0.25, 0.3) is 0 Å². The van der Waals surface area contributed by atoms with E-state index in [0.717, 1.165) is 31.8 Å². The van der Waals surface area contributed by atoms with Crippen molar-refractivity contribution in [2.75, 3.05) is 0 Å². The van der Waals surface area contributed by atoms with Gasteiger partial charge in [-0.1, -0.05) is 32.3 Å². The Balaban J connectivity index is 2.50. The van der Waals surface area contributed by atoms with E-state index in [9.17, 15) is 19.5 Å². The number of hydrogen-bond acceptors (Lipinski definition) is 5. The maximum atomic E-state index is 11.9. The highest BCUT2D eigenvalue weighted by Crippen LogP contribution is 2.07. The molecule has 1 aromatic heterocycles. The Labute approximate surface area is 151 Å². The number of nitrogens with zero attached hydrogens (tertiary/aromatic N) is 2. The molecule has 1 aromatic rings. The predicted molar refractivity (Wildman–Crippen MR) is 98.2 cm³/mol. The van der Waals surface area contributed by atoms with E-state index in [4.69, 9.17) is 5.11 Å². The molecule has 1 unspecified atom stereocenters. The van der Waals surface area contributed by atoms with Crippen molar-refractivity contribution in [2.24, 2.45) is 0 Å². The van der Waals surface area contributed by atoms with Crippen LogP contribution in [0, 0.1) is 0 Å². The van der Waals surface area contributed by atoms with Gasteiger partial charge in [-0.15, -0.1) is 0 Å². The molecule has 0 aliphatic heterocycles. The lowest BCUT2D eigenvalue weighted by atomic mass is 10.1. The second kappa shape index (κ2) is 11.8. The smallest absolute Gasteiger partial charge is 0.327 e. The molecule has 142 valence electrons. The fourth-order valence-electron chi connectivity index (χ4n) is 2.55. The van der Waals surface area contributed by atoms with Crippen molar-refractivity contribution >= 4 is 17.3 Å². The fraction of sp³-hybridized carbons (Fsp3) is 0.706. The van der Waals surface area contributed by atoms with Gasteiger partial charge in [-0.25, -0.2) is 14.2 Å². The summed E-state index contributed by atoms with van der Waals surface area (Å²) in [6.07, 6.45) is 8.58. The molecule has 0 aromatic carbocycles. The summed E-state index contributed by atoms with van der Waals surface area (Å²) in [5.74, 6) is -0.972. The van der Waals surface area contributed by atoms with Crippen LogP contribution in [0.3, 0.4) is 0 Å². The van der Waals surface area contributed by atoms with Gasteiger partial charge in [-0.2, -0.15) is 0 Å². The maximum Gasteiger partial charge on any atom is 0.327 e. The number of carbonyl (C=O) groups is 1. The lowest BCUT2D eigenvalue weighted by molar-refractivity contribution is -0.131. The maximum absolute atomic E-state index is 11.9. The zero-order chi connectivity index (χ0) is 18.7. The van der Waals surface area contributed by atoms with Crippen LogP contribution in [-0.4, -0.2) is 31.6 Å². The average molecular weight is 372 g/mol. The average Bonchev–Trinajstić information content (AvgIpc) is 2.82. The number of aliphatic hydroxyl groups is 1. The summed E-state index contributed by atoms with van der Waals surface area (Å²) in [6, 6.07) is 0. The number of rotatable bonds is 13. The minimum absolute atomic E-state index is 0.286. The summed E-state index contributed by atoms with van der Waals surface area (Å²) < 4.78 is 2.86. The molecule has 0 radical (unpaired) electrons. The van der Waals surface area contributed by atoms with E-state index in [1.165, 1.54) is 9.36 Å². The number of aliphatic carboxylic acids is 1. The number of carboxylic acid groups (broad SMARTS) is 1. The number of aliphatic hydroxyl groups excluding tert-OH is 1. The van der Waals surface area contributed by atoms with E-state index in [2.05, 4.69) is 6.92 Å². The molecule has 1 atom stereocenters. The molecular formula is C17H28N2O5S. The van der Waals surface area contributed by atoms with E-state index in [-0.39, 0.29) is 9.75 Å². The summed E-state index contributed by atoms with van der Waals surface area (Å²) in [4.78, 5) is 33.7. The van der Waals surface area contributed by atoms with E-state index in [0.29, 0.717) is 50.1 Å². The molecule has 0 bridgehead atoms. The van der Waals surface area contributed by atoms with Crippen molar-refractivity contribution in [3.05, 3.63) is 31.5 Å². The normalized spacial score (nSPS) is 12.7. The predicted octanol–water partition coefficient (Wildman–Crippen LogP) is 2.21. The second-order valence-corrected chi connectivity index (χ2v) is 6.96. The van der Waals surface area contributed by atoms with E-state index in [1.54, 1.807) is 6.08 Å². The highest BCUT2D eigenvalue weighted by atomic mass is 32.1. The molecule has 1 heterocycles. The molecule has 1 rings (SSSR count). The molecule has 0 fully saturated rings. The SMILES string of the molecule is CCCCCC(O)CCn1c(=O)sc(=O)n1CCCCC=CC(=O)O. The third-order valence-electron chi connectivity index (χ3n) is 3.95. The molecule has 8 heteroatoms. The number of allylic oxidation sites excluding steroid dienone is 1. The van der Waals surface area contributed by atoms with Gasteiger partial charge in [0.1, 0.15) is 0 Å². The topological polar surface area (TPSA) is 102 Å². The van der Waals surface area contributed by atoms with Gasteiger partial charge in [-0.05, 0) is 43.4 Å². The van der Waals surface area contributed by atoms with Crippen LogP contribution in [-0.2, 0) is 17.9 Å². The van der Waals surface area contributed by atoms with Crippen LogP contribution in [0.15, 0.2) is 21.7 Å². The summed E-state index contributed by atoms with van der Waals surface area (Å²) in [6.45, 7) is 2.86. The van der Waals surface area contributed by atoms with Crippen molar-refractivity contribution in [2.45, 2.75) is 77.5 Å². The van der Waals surface area contributed by atoms with Crippen LogP contribution in [0.1, 0.15) is 58.3 Å². The zero-order valence-corrected chi connectivity index (χ0v) is 15.5. The number of hydrogen-bond donors (Lipinski definition) is 2. The first kappa shape index (κ1) is 21.4. The molecular weight excluding hydrogens is 344 g/mol. The molecule has 7 nitrogen and oxygen atoms in total. The van der Waals surface area contributed by atoms with Crippen LogP contribution in [0.25, 0.3) is 0 Å². The molecule has 25 heavy (non-hydrogen) atoms. The fourth-order valence-corrected chi connectivity index (χ4v) is 3.29. The molecule has 0 saturated carbocycles. The minimum Gasteiger partial charge on any atom is -0.478 e. The minimum atomic E-state index is -0.972. The second-order valence-electron chi connectivity index (χ2n) is 6.05. The Morgan fingerprint density at radius 2 is 1.76 bits per heavy atom. The molecule has 0 aliphatic rings. The van der Waals surface area contributed by atoms with Gasteiger partial charge in [0.15, 0.2) is 0 Å². The first-order chi connectivity index (χ1) is 12.0. The Kier molecular flexibility index (Phi) is 10.1. The van der Waals surface area contributed by atoms with Gasteiger partial charge in [0.2, 0.25) is 0 Å². The Morgan fingerprint density at radius 1 is 1.08 bits per heavy atom. The highest BCUT2D eigenvalue weighted by Gasteiger charge is 2.12. The van der Waals surface area contributed by atoms with Crippen molar-refractivity contribution in [3.63, 3.8) is 0 Å². The van der Waals surface area contributed by atoms with Crippen LogP contribution >= 0.6 is 11.3 Å². The first-order valence-corrected chi connectivity index (χ1v) is 9.65. The van der Waals surface area contributed by atoms with Gasteiger partial charge in [0, 0.05) is 19.2 Å². The summed E-state index contributed by atoms with van der Waals surface area (Å²) in [5, 5.41) is 18.5. The van der Waals surface area contributed by atoms with Crippen LogP contribution < -0.4 is 9.75 Å². The number of carboxylic acids is 1. The summed E-state index contributed by atoms with van der Waals surface area (Å²) >= 11 is 0.683.